The lowest BCUT2D eigenvalue weighted by Crippen LogP contribution is -2.15. The summed E-state index contributed by atoms with van der Waals surface area (Å²) >= 11 is 9.45. The molecule has 1 amide bonds. The van der Waals surface area contributed by atoms with E-state index < -0.39 is 10.8 Å². The van der Waals surface area contributed by atoms with Crippen LogP contribution in [0.15, 0.2) is 71.2 Å². The molecule has 3 aromatic carbocycles. The van der Waals surface area contributed by atoms with Crippen molar-refractivity contribution in [3.8, 4) is 0 Å². The predicted octanol–water partition coefficient (Wildman–Crippen LogP) is 5.49. The van der Waals surface area contributed by atoms with Gasteiger partial charge in [-0.3, -0.25) is 19.7 Å². The Hall–Kier alpha value is -3.03. The lowest BCUT2D eigenvalue weighted by atomic mass is 10.0. The van der Waals surface area contributed by atoms with Crippen molar-refractivity contribution in [3.63, 3.8) is 0 Å². The lowest BCUT2D eigenvalue weighted by Gasteiger charge is -2.12. The average molecular weight is 460 g/mol. The zero-order valence-electron chi connectivity index (χ0n) is 14.2. The Kier molecular flexibility index (Phi) is 5.87. The summed E-state index contributed by atoms with van der Waals surface area (Å²) in [4.78, 5) is 35.7. The van der Waals surface area contributed by atoms with E-state index in [-0.39, 0.29) is 22.6 Å². The molecule has 0 aromatic heterocycles. The first-order chi connectivity index (χ1) is 13.4. The van der Waals surface area contributed by atoms with Crippen LogP contribution in [-0.2, 0) is 0 Å². The van der Waals surface area contributed by atoms with E-state index in [2.05, 4.69) is 21.2 Å². The van der Waals surface area contributed by atoms with Gasteiger partial charge in [-0.05, 0) is 42.5 Å². The van der Waals surface area contributed by atoms with E-state index in [4.69, 9.17) is 11.6 Å². The Morgan fingerprint density at radius 3 is 2.29 bits per heavy atom. The van der Waals surface area contributed by atoms with Crippen molar-refractivity contribution in [1.29, 1.82) is 0 Å². The maximum absolute atomic E-state index is 12.9. The number of nitro benzene ring substituents is 1. The molecule has 0 aliphatic carbocycles. The van der Waals surface area contributed by atoms with Gasteiger partial charge in [-0.15, -0.1) is 0 Å². The number of halogens is 2. The summed E-state index contributed by atoms with van der Waals surface area (Å²) in [7, 11) is 0. The van der Waals surface area contributed by atoms with Gasteiger partial charge in [0.15, 0.2) is 5.78 Å². The number of hydrogen-bond acceptors (Lipinski definition) is 4. The van der Waals surface area contributed by atoms with E-state index >= 15 is 0 Å². The topological polar surface area (TPSA) is 89.3 Å². The predicted molar refractivity (Wildman–Crippen MR) is 110 cm³/mol. The molecule has 0 atom stereocenters. The van der Waals surface area contributed by atoms with Crippen molar-refractivity contribution in [2.75, 3.05) is 5.32 Å². The lowest BCUT2D eigenvalue weighted by molar-refractivity contribution is -0.384. The van der Waals surface area contributed by atoms with Gasteiger partial charge in [0, 0.05) is 33.3 Å². The molecule has 0 saturated carbocycles. The van der Waals surface area contributed by atoms with Gasteiger partial charge in [0.1, 0.15) is 0 Å². The van der Waals surface area contributed by atoms with Gasteiger partial charge in [0.2, 0.25) is 0 Å². The highest BCUT2D eigenvalue weighted by molar-refractivity contribution is 9.10. The van der Waals surface area contributed by atoms with Gasteiger partial charge in [-0.2, -0.15) is 0 Å². The number of ketones is 1. The highest BCUT2D eigenvalue weighted by Crippen LogP contribution is 2.27. The Bertz CT molecular complexity index is 1080. The zero-order chi connectivity index (χ0) is 20.3. The quantitative estimate of drug-likeness (QED) is 0.310. The Labute approximate surface area is 173 Å². The number of benzene rings is 3. The van der Waals surface area contributed by atoms with Crippen molar-refractivity contribution in [1.82, 2.24) is 0 Å². The minimum atomic E-state index is -0.545. The molecule has 6 nitrogen and oxygen atoms in total. The minimum absolute atomic E-state index is 0.116. The number of non-ortho nitro benzene ring substituents is 1. The third-order valence-electron chi connectivity index (χ3n) is 3.93. The summed E-state index contributed by atoms with van der Waals surface area (Å²) < 4.78 is 0.663. The van der Waals surface area contributed by atoms with E-state index in [0.717, 1.165) is 0 Å². The van der Waals surface area contributed by atoms with E-state index in [1.807, 2.05) is 0 Å². The number of nitro groups is 1. The van der Waals surface area contributed by atoms with Crippen LogP contribution in [0.3, 0.4) is 0 Å². The second-order valence-corrected chi connectivity index (χ2v) is 7.08. The summed E-state index contributed by atoms with van der Waals surface area (Å²) in [5, 5.41) is 13.7. The number of nitrogens with zero attached hydrogens (tertiary/aromatic N) is 1. The second kappa shape index (κ2) is 8.33. The van der Waals surface area contributed by atoms with Crippen LogP contribution in [0.4, 0.5) is 11.4 Å². The van der Waals surface area contributed by atoms with Crippen LogP contribution in [0.5, 0.6) is 0 Å². The first kappa shape index (κ1) is 19.7. The van der Waals surface area contributed by atoms with Gasteiger partial charge in [0.05, 0.1) is 15.6 Å². The van der Waals surface area contributed by atoms with Crippen LogP contribution < -0.4 is 5.32 Å². The molecular formula is C20H12BrClN2O4. The fourth-order valence-corrected chi connectivity index (χ4v) is 3.12. The van der Waals surface area contributed by atoms with Crippen molar-refractivity contribution in [2.24, 2.45) is 0 Å². The summed E-state index contributed by atoms with van der Waals surface area (Å²) in [5.74, 6) is -0.837. The molecule has 0 fully saturated rings. The van der Waals surface area contributed by atoms with Gasteiger partial charge >= 0.3 is 0 Å². The van der Waals surface area contributed by atoms with E-state index in [0.29, 0.717) is 20.7 Å². The largest absolute Gasteiger partial charge is 0.321 e. The minimum Gasteiger partial charge on any atom is -0.321 e. The van der Waals surface area contributed by atoms with Gasteiger partial charge < -0.3 is 5.32 Å². The molecule has 0 saturated heterocycles. The molecule has 0 unspecified atom stereocenters. The summed E-state index contributed by atoms with van der Waals surface area (Å²) in [5.41, 5.74) is 0.988. The molecule has 0 bridgehead atoms. The zero-order valence-corrected chi connectivity index (χ0v) is 16.5. The van der Waals surface area contributed by atoms with Gasteiger partial charge in [0.25, 0.3) is 11.6 Å². The summed E-state index contributed by atoms with van der Waals surface area (Å²) in [6, 6.07) is 16.7. The number of amides is 1. The molecular weight excluding hydrogens is 448 g/mol. The molecule has 0 aliphatic rings. The van der Waals surface area contributed by atoms with Crippen molar-refractivity contribution >= 4 is 50.6 Å². The molecule has 28 heavy (non-hydrogen) atoms. The molecule has 0 aliphatic heterocycles. The maximum atomic E-state index is 12.9. The van der Waals surface area contributed by atoms with E-state index in [9.17, 15) is 19.7 Å². The monoisotopic (exact) mass is 458 g/mol. The molecule has 3 rings (SSSR count). The van der Waals surface area contributed by atoms with Crippen LogP contribution in [0, 0.1) is 10.1 Å². The first-order valence-corrected chi connectivity index (χ1v) is 9.18. The number of carbonyl (C=O) groups is 2. The molecule has 1 N–H and O–H groups in total. The molecule has 8 heteroatoms. The fraction of sp³-hybridized carbons (Fsp3) is 0. The molecule has 0 radical (unpaired) electrons. The maximum Gasteiger partial charge on any atom is 0.269 e. The Balaban J connectivity index is 1.92. The normalized spacial score (nSPS) is 10.4. The van der Waals surface area contributed by atoms with Crippen LogP contribution in [0.25, 0.3) is 0 Å². The van der Waals surface area contributed by atoms with Crippen molar-refractivity contribution in [3.05, 3.63) is 103 Å². The Morgan fingerprint density at radius 2 is 1.64 bits per heavy atom. The van der Waals surface area contributed by atoms with Gasteiger partial charge in [-0.25, -0.2) is 0 Å². The highest BCUT2D eigenvalue weighted by atomic mass is 79.9. The summed E-state index contributed by atoms with van der Waals surface area (Å²) in [6.07, 6.45) is 0. The second-order valence-electron chi connectivity index (χ2n) is 5.76. The fourth-order valence-electron chi connectivity index (χ4n) is 2.53. The molecule has 140 valence electrons. The number of rotatable bonds is 5. The van der Waals surface area contributed by atoms with Crippen LogP contribution >= 0.6 is 27.5 Å². The highest BCUT2D eigenvalue weighted by Gasteiger charge is 2.19. The van der Waals surface area contributed by atoms with Crippen molar-refractivity contribution < 1.29 is 14.5 Å². The van der Waals surface area contributed by atoms with E-state index in [1.54, 1.807) is 42.5 Å². The third kappa shape index (κ3) is 4.27. The number of nitrogens with one attached hydrogen (secondary N) is 1. The number of carbonyl (C=O) groups excluding carboxylic acids is 2. The molecule has 0 heterocycles. The standard InChI is InChI=1S/C20H12BrClN2O4/c21-13-7-10-18(16(11-13)19(25)15-3-1-2-4-17(15)22)23-20(26)12-5-8-14(9-6-12)24(27)28/h1-11H,(H,23,26). The third-order valence-corrected chi connectivity index (χ3v) is 4.76. The first-order valence-electron chi connectivity index (χ1n) is 8.01. The SMILES string of the molecule is O=C(Nc1ccc(Br)cc1C(=O)c1ccccc1Cl)c1ccc([N+](=O)[O-])cc1. The van der Waals surface area contributed by atoms with Crippen LogP contribution in [0.1, 0.15) is 26.3 Å². The molecule has 3 aromatic rings. The van der Waals surface area contributed by atoms with Crippen molar-refractivity contribution in [2.45, 2.75) is 0 Å². The van der Waals surface area contributed by atoms with Crippen LogP contribution in [0.2, 0.25) is 5.02 Å². The molecule has 0 spiro atoms. The van der Waals surface area contributed by atoms with E-state index in [1.165, 1.54) is 24.3 Å². The number of anilines is 1. The van der Waals surface area contributed by atoms with Crippen LogP contribution in [-0.4, -0.2) is 16.6 Å². The smallest absolute Gasteiger partial charge is 0.269 e. The van der Waals surface area contributed by atoms with Gasteiger partial charge in [-0.1, -0.05) is 39.7 Å². The Morgan fingerprint density at radius 1 is 0.964 bits per heavy atom. The average Bonchev–Trinajstić information content (AvgIpc) is 2.69. The number of hydrogen-bond donors (Lipinski definition) is 1. The summed E-state index contributed by atoms with van der Waals surface area (Å²) in [6.45, 7) is 0.